The van der Waals surface area contributed by atoms with Crippen molar-refractivity contribution in [3.63, 3.8) is 0 Å². The van der Waals surface area contributed by atoms with E-state index in [1.54, 1.807) is 6.07 Å². The SMILES string of the molecule is O=c1oc2c3c4c(cc2cc1-c1nc2ccc(S(=O)(=O)O)cc2o1)CCCN4CCC3. The zero-order valence-corrected chi connectivity index (χ0v) is 17.2. The lowest BCUT2D eigenvalue weighted by Gasteiger charge is -2.37. The third kappa shape index (κ3) is 2.88. The maximum atomic E-state index is 12.9. The predicted molar refractivity (Wildman–Crippen MR) is 114 cm³/mol. The number of hydrogen-bond donors (Lipinski definition) is 1. The van der Waals surface area contributed by atoms with Gasteiger partial charge in [0, 0.05) is 35.8 Å². The molecule has 0 saturated carbocycles. The van der Waals surface area contributed by atoms with E-state index >= 15 is 0 Å². The highest BCUT2D eigenvalue weighted by Gasteiger charge is 2.27. The summed E-state index contributed by atoms with van der Waals surface area (Å²) in [5, 5.41) is 0.827. The molecule has 0 atom stereocenters. The zero-order valence-electron chi connectivity index (χ0n) is 16.4. The minimum Gasteiger partial charge on any atom is -0.436 e. The van der Waals surface area contributed by atoms with Crippen LogP contribution in [0.1, 0.15) is 24.0 Å². The van der Waals surface area contributed by atoms with Crippen LogP contribution < -0.4 is 10.5 Å². The van der Waals surface area contributed by atoms with E-state index < -0.39 is 15.7 Å². The molecule has 0 fully saturated rings. The van der Waals surface area contributed by atoms with Gasteiger partial charge in [0.1, 0.15) is 16.7 Å². The van der Waals surface area contributed by atoms with Crippen molar-refractivity contribution >= 4 is 37.9 Å². The van der Waals surface area contributed by atoms with Crippen LogP contribution in [0.3, 0.4) is 0 Å². The molecule has 0 spiro atoms. The van der Waals surface area contributed by atoms with Crippen molar-refractivity contribution in [2.45, 2.75) is 30.6 Å². The molecule has 0 amide bonds. The van der Waals surface area contributed by atoms with Crippen LogP contribution in [0.15, 0.2) is 48.9 Å². The molecule has 1 N–H and O–H groups in total. The molecule has 0 saturated heterocycles. The Morgan fingerprint density at radius 2 is 1.84 bits per heavy atom. The molecule has 4 heterocycles. The summed E-state index contributed by atoms with van der Waals surface area (Å²) >= 11 is 0. The van der Waals surface area contributed by atoms with Crippen molar-refractivity contribution in [3.05, 3.63) is 51.9 Å². The van der Waals surface area contributed by atoms with Gasteiger partial charge in [-0.1, -0.05) is 0 Å². The average Bonchev–Trinajstić information content (AvgIpc) is 3.17. The van der Waals surface area contributed by atoms with Crippen LogP contribution in [0.4, 0.5) is 5.69 Å². The monoisotopic (exact) mass is 438 g/mol. The van der Waals surface area contributed by atoms with E-state index in [1.807, 2.05) is 0 Å². The molecule has 2 aliphatic heterocycles. The number of rotatable bonds is 2. The first-order valence-corrected chi connectivity index (χ1v) is 11.6. The normalized spacial score (nSPS) is 16.1. The Labute approximate surface area is 176 Å². The van der Waals surface area contributed by atoms with Crippen LogP contribution >= 0.6 is 0 Å². The van der Waals surface area contributed by atoms with Gasteiger partial charge in [-0.15, -0.1) is 0 Å². The summed E-state index contributed by atoms with van der Waals surface area (Å²) in [6, 6.07) is 7.65. The first-order chi connectivity index (χ1) is 14.9. The van der Waals surface area contributed by atoms with Crippen LogP contribution in [-0.4, -0.2) is 31.0 Å². The summed E-state index contributed by atoms with van der Waals surface area (Å²) in [6.45, 7) is 2.06. The van der Waals surface area contributed by atoms with E-state index in [0.29, 0.717) is 11.1 Å². The molecule has 4 aromatic rings. The summed E-state index contributed by atoms with van der Waals surface area (Å²) in [5.41, 5.74) is 4.34. The number of nitrogens with zero attached hydrogens (tertiary/aromatic N) is 2. The summed E-state index contributed by atoms with van der Waals surface area (Å²) in [7, 11) is -4.37. The largest absolute Gasteiger partial charge is 0.436 e. The van der Waals surface area contributed by atoms with E-state index in [1.165, 1.54) is 29.4 Å². The number of benzene rings is 2. The molecule has 0 bridgehead atoms. The second-order valence-corrected chi connectivity index (χ2v) is 9.47. The topological polar surface area (TPSA) is 114 Å². The van der Waals surface area contributed by atoms with Gasteiger partial charge in [0.05, 0.1) is 4.90 Å². The highest BCUT2D eigenvalue weighted by molar-refractivity contribution is 7.85. The lowest BCUT2D eigenvalue weighted by atomic mass is 9.90. The number of aromatic nitrogens is 1. The van der Waals surface area contributed by atoms with Crippen molar-refractivity contribution in [2.24, 2.45) is 0 Å². The fourth-order valence-corrected chi connectivity index (χ4v) is 5.27. The van der Waals surface area contributed by atoms with E-state index in [2.05, 4.69) is 16.0 Å². The summed E-state index contributed by atoms with van der Waals surface area (Å²) in [5.74, 6) is 0.0473. The Kier molecular flexibility index (Phi) is 3.85. The van der Waals surface area contributed by atoms with E-state index in [9.17, 15) is 17.8 Å². The van der Waals surface area contributed by atoms with Gasteiger partial charge in [0.15, 0.2) is 5.58 Å². The molecule has 9 heteroatoms. The smallest absolute Gasteiger partial charge is 0.349 e. The Balaban J connectivity index is 1.55. The molecule has 2 aromatic carbocycles. The van der Waals surface area contributed by atoms with Gasteiger partial charge >= 0.3 is 5.63 Å². The average molecular weight is 438 g/mol. The summed E-state index contributed by atoms with van der Waals surface area (Å²) in [6.07, 6.45) is 3.99. The standard InChI is InChI=1S/C22H18N2O6S/c25-22-16(21-23-17-6-5-14(31(26,27)28)11-18(17)29-21)10-13-9-12-3-1-7-24-8-2-4-15(19(12)24)20(13)30-22/h5-6,9-11H,1-4,7-8H2,(H,26,27,28). The first-order valence-electron chi connectivity index (χ1n) is 10.1. The van der Waals surface area contributed by atoms with E-state index in [4.69, 9.17) is 8.83 Å². The van der Waals surface area contributed by atoms with Crippen molar-refractivity contribution < 1.29 is 21.8 Å². The molecule has 0 radical (unpaired) electrons. The minimum atomic E-state index is -4.37. The molecule has 0 unspecified atom stereocenters. The molecular weight excluding hydrogens is 420 g/mol. The summed E-state index contributed by atoms with van der Waals surface area (Å²) in [4.78, 5) is 19.3. The van der Waals surface area contributed by atoms with Gasteiger partial charge in [0.25, 0.3) is 10.1 Å². The zero-order chi connectivity index (χ0) is 21.3. The van der Waals surface area contributed by atoms with Gasteiger partial charge in [-0.3, -0.25) is 4.55 Å². The summed E-state index contributed by atoms with van der Waals surface area (Å²) < 4.78 is 43.5. The van der Waals surface area contributed by atoms with Crippen LogP contribution in [0.5, 0.6) is 0 Å². The number of aryl methyl sites for hydroxylation is 2. The number of oxazole rings is 1. The second kappa shape index (κ2) is 6.41. The number of hydrogen-bond acceptors (Lipinski definition) is 7. The van der Waals surface area contributed by atoms with Crippen molar-refractivity contribution in [1.29, 1.82) is 0 Å². The molecule has 31 heavy (non-hydrogen) atoms. The van der Waals surface area contributed by atoms with E-state index in [-0.39, 0.29) is 21.9 Å². The lowest BCUT2D eigenvalue weighted by Crippen LogP contribution is -2.34. The predicted octanol–water partition coefficient (Wildman–Crippen LogP) is 3.55. The molecule has 0 aliphatic carbocycles. The van der Waals surface area contributed by atoms with E-state index in [0.717, 1.165) is 49.7 Å². The fourth-order valence-electron chi connectivity index (χ4n) is 4.78. The van der Waals surface area contributed by atoms with Gasteiger partial charge in [-0.25, -0.2) is 9.78 Å². The molecule has 2 aromatic heterocycles. The van der Waals surface area contributed by atoms with Crippen LogP contribution in [0.25, 0.3) is 33.5 Å². The highest BCUT2D eigenvalue weighted by Crippen LogP contribution is 2.40. The fraction of sp³-hybridized carbons (Fsp3) is 0.273. The third-order valence-electron chi connectivity index (χ3n) is 6.10. The first kappa shape index (κ1) is 18.6. The molecule has 8 nitrogen and oxygen atoms in total. The molecular formula is C22H18N2O6S. The number of anilines is 1. The number of fused-ring (bicyclic) bond motifs is 3. The van der Waals surface area contributed by atoms with Crippen LogP contribution in [0.2, 0.25) is 0 Å². The Morgan fingerprint density at radius 3 is 2.65 bits per heavy atom. The van der Waals surface area contributed by atoms with Gasteiger partial charge < -0.3 is 13.7 Å². The van der Waals surface area contributed by atoms with Crippen molar-refractivity contribution in [1.82, 2.24) is 4.98 Å². The Bertz CT molecular complexity index is 1550. The highest BCUT2D eigenvalue weighted by atomic mass is 32.2. The molecule has 6 rings (SSSR count). The quantitative estimate of drug-likeness (QED) is 0.373. The maximum Gasteiger partial charge on any atom is 0.349 e. The van der Waals surface area contributed by atoms with Gasteiger partial charge in [0.2, 0.25) is 5.89 Å². The van der Waals surface area contributed by atoms with Crippen molar-refractivity contribution in [2.75, 3.05) is 18.0 Å². The Hall–Kier alpha value is -3.17. The van der Waals surface area contributed by atoms with Gasteiger partial charge in [-0.2, -0.15) is 8.42 Å². The molecule has 2 aliphatic rings. The maximum absolute atomic E-state index is 12.9. The molecule has 158 valence electrons. The van der Waals surface area contributed by atoms with Crippen molar-refractivity contribution in [3.8, 4) is 11.5 Å². The third-order valence-corrected chi connectivity index (χ3v) is 6.95. The lowest BCUT2D eigenvalue weighted by molar-refractivity contribution is 0.483. The van der Waals surface area contributed by atoms with Crippen LogP contribution in [0, 0.1) is 0 Å². The second-order valence-electron chi connectivity index (χ2n) is 8.05. The minimum absolute atomic E-state index is 0.0473. The van der Waals surface area contributed by atoms with Crippen LogP contribution in [-0.2, 0) is 23.0 Å². The Morgan fingerprint density at radius 1 is 1.03 bits per heavy atom. The van der Waals surface area contributed by atoms with Gasteiger partial charge in [-0.05, 0) is 55.5 Å².